The zero-order valence-corrected chi connectivity index (χ0v) is 35.7. The highest BCUT2D eigenvalue weighted by molar-refractivity contribution is 5.98. The molecular weight excluding hydrogens is 864 g/mol. The Morgan fingerprint density at radius 1 is 0.754 bits per heavy atom. The van der Waals surface area contributed by atoms with Gasteiger partial charge in [-0.3, -0.25) is 38.4 Å². The van der Waals surface area contributed by atoms with Crippen molar-refractivity contribution in [3.63, 3.8) is 0 Å². The number of hydrogen-bond donors (Lipinski definition) is 14. The van der Waals surface area contributed by atoms with Gasteiger partial charge >= 0.3 is 17.9 Å². The number of aromatic nitrogens is 1. The number of aliphatic hydroxyl groups excluding tert-OH is 1. The van der Waals surface area contributed by atoms with Crippen molar-refractivity contribution in [2.24, 2.45) is 22.4 Å². The van der Waals surface area contributed by atoms with Gasteiger partial charge in [-0.25, -0.2) is 19.9 Å². The number of carbonyl (C=O) groups excluding carboxylic acids is 6. The fourth-order valence-corrected chi connectivity index (χ4v) is 6.08. The van der Waals surface area contributed by atoms with Crippen LogP contribution in [0.2, 0.25) is 0 Å². The average Bonchev–Trinajstić information content (AvgIpc) is 3.63. The smallest absolute Gasteiger partial charge is 0.328 e. The van der Waals surface area contributed by atoms with Gasteiger partial charge in [0.1, 0.15) is 36.3 Å². The predicted octanol–water partition coefficient (Wildman–Crippen LogP) is -3.69. The Bertz CT molecular complexity index is 2080. The van der Waals surface area contributed by atoms with Crippen LogP contribution in [-0.4, -0.2) is 145 Å². The molecule has 2 aromatic rings. The molecule has 0 aliphatic carbocycles. The second-order valence-electron chi connectivity index (χ2n) is 15.2. The second kappa shape index (κ2) is 26.3. The fourth-order valence-electron chi connectivity index (χ4n) is 6.08. The van der Waals surface area contributed by atoms with Crippen LogP contribution in [0.25, 0.3) is 10.9 Å². The van der Waals surface area contributed by atoms with E-state index in [0.29, 0.717) is 16.5 Å². The summed E-state index contributed by atoms with van der Waals surface area (Å²) in [5.41, 5.74) is 14.1. The molecule has 0 saturated carbocycles. The topological polar surface area (TPSA) is 442 Å². The van der Waals surface area contributed by atoms with Gasteiger partial charge in [0, 0.05) is 36.5 Å². The number of hydrazine groups is 1. The first-order valence-electron chi connectivity index (χ1n) is 20.1. The molecule has 0 aliphatic heterocycles. The summed E-state index contributed by atoms with van der Waals surface area (Å²) in [6.45, 7) is 3.37. The Morgan fingerprint density at radius 2 is 1.32 bits per heavy atom. The first-order valence-corrected chi connectivity index (χ1v) is 20.1. The van der Waals surface area contributed by atoms with Gasteiger partial charge in [0.2, 0.25) is 35.4 Å². The summed E-state index contributed by atoms with van der Waals surface area (Å²) in [6.07, 6.45) is -0.929. The number of hydrogen-bond acceptors (Lipinski definition) is 14. The van der Waals surface area contributed by atoms with Crippen LogP contribution in [0.1, 0.15) is 64.9 Å². The van der Waals surface area contributed by atoms with Gasteiger partial charge in [-0.2, -0.15) is 0 Å². The van der Waals surface area contributed by atoms with E-state index in [-0.39, 0.29) is 44.6 Å². The molecule has 1 heterocycles. The molecular formula is C38H56N12O15. The van der Waals surface area contributed by atoms with Crippen LogP contribution in [0.15, 0.2) is 35.5 Å². The minimum Gasteiger partial charge on any atom is -0.481 e. The van der Waals surface area contributed by atoms with Gasteiger partial charge in [-0.05, 0) is 50.2 Å². The summed E-state index contributed by atoms with van der Waals surface area (Å²) in [7, 11) is 0. The van der Waals surface area contributed by atoms with Crippen LogP contribution in [0.3, 0.4) is 0 Å². The van der Waals surface area contributed by atoms with Gasteiger partial charge in [0.05, 0.1) is 19.1 Å². The molecule has 358 valence electrons. The quantitative estimate of drug-likeness (QED) is 0.0128. The molecule has 65 heavy (non-hydrogen) atoms. The van der Waals surface area contributed by atoms with Crippen molar-refractivity contribution in [3.05, 3.63) is 46.1 Å². The van der Waals surface area contributed by atoms with E-state index in [9.17, 15) is 68.6 Å². The Hall–Kier alpha value is -7.42. The summed E-state index contributed by atoms with van der Waals surface area (Å²) < 4.78 is 0. The highest BCUT2D eigenvalue weighted by Gasteiger charge is 2.34. The molecule has 6 amide bonds. The number of fused-ring (bicyclic) bond motifs is 1. The highest BCUT2D eigenvalue weighted by Crippen LogP contribution is 2.19. The third-order valence-corrected chi connectivity index (χ3v) is 9.41. The van der Waals surface area contributed by atoms with E-state index >= 15 is 0 Å². The summed E-state index contributed by atoms with van der Waals surface area (Å²) >= 11 is 0. The molecule has 27 heteroatoms. The first kappa shape index (κ1) is 53.7. The second-order valence-corrected chi connectivity index (χ2v) is 15.2. The third kappa shape index (κ3) is 18.8. The number of nitrogens with two attached hydrogens (primary N) is 2. The zero-order chi connectivity index (χ0) is 49.0. The van der Waals surface area contributed by atoms with Crippen molar-refractivity contribution in [1.82, 2.24) is 42.3 Å². The summed E-state index contributed by atoms with van der Waals surface area (Å²) in [6, 6.07) is -3.99. The molecule has 0 bridgehead atoms. The number of aliphatic imine (C=N–C) groups is 1. The number of nitrogens with one attached hydrogen (secondary N) is 8. The van der Waals surface area contributed by atoms with E-state index in [1.54, 1.807) is 49.7 Å². The Labute approximate surface area is 370 Å². The molecule has 0 unspecified atom stereocenters. The van der Waals surface area contributed by atoms with Crippen molar-refractivity contribution < 1.29 is 68.6 Å². The molecule has 27 nitrogen and oxygen atoms in total. The number of aliphatic carboxylic acids is 3. The number of rotatable bonds is 28. The number of benzene rings is 1. The van der Waals surface area contributed by atoms with Gasteiger partial charge < -0.3 is 68.8 Å². The minimum absolute atomic E-state index is 0.0354. The van der Waals surface area contributed by atoms with Crippen molar-refractivity contribution in [2.45, 2.75) is 108 Å². The summed E-state index contributed by atoms with van der Waals surface area (Å²) in [5, 5.41) is 61.7. The van der Waals surface area contributed by atoms with Gasteiger partial charge in [0.15, 0.2) is 5.03 Å². The molecule has 0 aliphatic rings. The number of amides is 6. The first-order chi connectivity index (χ1) is 30.5. The van der Waals surface area contributed by atoms with Gasteiger partial charge in [-0.1, -0.05) is 37.5 Å². The van der Waals surface area contributed by atoms with Crippen LogP contribution < -0.4 is 48.8 Å². The molecule has 1 aromatic carbocycles. The van der Waals surface area contributed by atoms with E-state index in [1.165, 1.54) is 6.92 Å². The van der Waals surface area contributed by atoms with Crippen LogP contribution >= 0.6 is 0 Å². The minimum atomic E-state index is -1.89. The SMILES string of the molecule is CC(C)C[C@H](NC(=O)[C@@H](N)CCC(=O)O)C(=O)N[C@@H](CC(=O)O)C(=O)N[C@@H](CCCN=C(N)N[N+](=O)[O-])C(=O)N[C@@H](Cc1c[nH]c2ccccc12)C(=O)N[C@@H](C)C(=O)N[C@@H](CO)C(=O)O. The number of aromatic amines is 1. The van der Waals surface area contributed by atoms with Crippen molar-refractivity contribution >= 4 is 70.2 Å². The van der Waals surface area contributed by atoms with E-state index in [4.69, 9.17) is 16.6 Å². The Kier molecular flexibility index (Phi) is 21.7. The molecule has 0 fully saturated rings. The number of guanidine groups is 1. The number of carboxylic acids is 3. The van der Waals surface area contributed by atoms with E-state index in [1.807, 2.05) is 0 Å². The summed E-state index contributed by atoms with van der Waals surface area (Å²) in [4.78, 5) is 133. The number of H-pyrrole nitrogens is 1. The average molecular weight is 921 g/mol. The summed E-state index contributed by atoms with van der Waals surface area (Å²) in [5.74, 6) is -11.4. The van der Waals surface area contributed by atoms with Crippen LogP contribution in [0, 0.1) is 16.0 Å². The van der Waals surface area contributed by atoms with Crippen LogP contribution in [0.4, 0.5) is 0 Å². The Balaban J connectivity index is 2.49. The number of aliphatic hydroxyl groups is 1. The molecule has 16 N–H and O–H groups in total. The number of para-hydroxylation sites is 1. The van der Waals surface area contributed by atoms with Crippen molar-refractivity contribution in [3.8, 4) is 0 Å². The maximum Gasteiger partial charge on any atom is 0.328 e. The monoisotopic (exact) mass is 920 g/mol. The predicted molar refractivity (Wildman–Crippen MR) is 226 cm³/mol. The number of nitro groups is 1. The highest BCUT2D eigenvalue weighted by atomic mass is 16.7. The normalized spacial score (nSPS) is 14.6. The van der Waals surface area contributed by atoms with Crippen LogP contribution in [-0.2, 0) is 49.6 Å². The zero-order valence-electron chi connectivity index (χ0n) is 35.7. The van der Waals surface area contributed by atoms with Gasteiger partial charge in [0.25, 0.3) is 5.96 Å². The molecule has 7 atom stereocenters. The van der Waals surface area contributed by atoms with E-state index in [0.717, 1.165) is 0 Å². The molecule has 0 spiro atoms. The molecule has 0 radical (unpaired) electrons. The lowest BCUT2D eigenvalue weighted by atomic mass is 10.0. The van der Waals surface area contributed by atoms with Crippen molar-refractivity contribution in [2.75, 3.05) is 13.2 Å². The van der Waals surface area contributed by atoms with Crippen LogP contribution in [0.5, 0.6) is 0 Å². The van der Waals surface area contributed by atoms with Gasteiger partial charge in [-0.15, -0.1) is 0 Å². The van der Waals surface area contributed by atoms with Crippen molar-refractivity contribution in [1.29, 1.82) is 0 Å². The molecule has 1 aromatic heterocycles. The largest absolute Gasteiger partial charge is 0.481 e. The third-order valence-electron chi connectivity index (χ3n) is 9.41. The number of carboxylic acid groups (broad SMARTS) is 3. The lowest BCUT2D eigenvalue weighted by Crippen LogP contribution is -2.60. The fraction of sp³-hybridized carbons (Fsp3) is 0.526. The Morgan fingerprint density at radius 3 is 1.92 bits per heavy atom. The van der Waals surface area contributed by atoms with E-state index < -0.39 is 126 Å². The maximum absolute atomic E-state index is 14.2. The molecule has 2 rings (SSSR count). The number of carbonyl (C=O) groups is 9. The molecule has 0 saturated heterocycles. The lowest BCUT2D eigenvalue weighted by molar-refractivity contribution is -0.525. The number of nitrogens with zero attached hydrogens (tertiary/aromatic N) is 2. The van der Waals surface area contributed by atoms with E-state index in [2.05, 4.69) is 41.9 Å². The maximum atomic E-state index is 14.2. The lowest BCUT2D eigenvalue weighted by Gasteiger charge is -2.27. The standard InChI is InChI=1S/C38H56N12O15/c1-18(2)13-25(45-32(57)22(39)10-11-29(52)53)35(60)47-27(15-30(54)55)36(61)44-24(9-6-12-41-38(40)49-50(64)65)33(58)46-26(14-20-16-42-23-8-5-4-7-21(20)23)34(59)43-19(3)31(56)48-28(17-51)37(62)63/h4-5,7-8,16,18-19,22,24-28,42,51H,6,9-15,17,39H2,1-3H3,(H,43,59)(H,44,61)(H,45,57)(H,46,58)(H,47,60)(H,48,56)(H,52,53)(H,54,55)(H,62,63)(H3,40,41,49)/t19-,22-,24-,25-,26-,27-,28-/m0/s1.